The van der Waals surface area contributed by atoms with Gasteiger partial charge < -0.3 is 14.4 Å². The van der Waals surface area contributed by atoms with Crippen molar-refractivity contribution in [1.82, 2.24) is 9.80 Å². The molecule has 1 aliphatic rings. The number of piperazine rings is 1. The highest BCUT2D eigenvalue weighted by Crippen LogP contribution is 2.18. The molecule has 1 amide bonds. The van der Waals surface area contributed by atoms with Crippen molar-refractivity contribution < 1.29 is 19.1 Å². The summed E-state index contributed by atoms with van der Waals surface area (Å²) in [4.78, 5) is 26.1. The molecule has 0 aliphatic carbocycles. The Morgan fingerprint density at radius 3 is 3.00 bits per heavy atom. The molecule has 1 atom stereocenters. The third-order valence-electron chi connectivity index (χ3n) is 3.40. The summed E-state index contributed by atoms with van der Waals surface area (Å²) in [6, 6.07) is 3.72. The zero-order valence-corrected chi connectivity index (χ0v) is 10.9. The second-order valence-electron chi connectivity index (χ2n) is 4.84. The lowest BCUT2D eigenvalue weighted by atomic mass is 10.1. The SMILES string of the molecule is CN1CC(CCC(=O)O)N(Cc2ccco2)CC1=O. The Labute approximate surface area is 111 Å². The first-order chi connectivity index (χ1) is 9.06. The Bertz CT molecular complexity index is 444. The van der Waals surface area contributed by atoms with Gasteiger partial charge in [0.25, 0.3) is 0 Å². The van der Waals surface area contributed by atoms with Crippen molar-refractivity contribution in [2.45, 2.75) is 25.4 Å². The molecule has 1 aromatic rings. The lowest BCUT2D eigenvalue weighted by Crippen LogP contribution is -2.54. The molecule has 19 heavy (non-hydrogen) atoms. The second kappa shape index (κ2) is 5.88. The molecule has 1 saturated heterocycles. The number of furan rings is 1. The maximum Gasteiger partial charge on any atom is 0.303 e. The molecule has 1 N–H and O–H groups in total. The summed E-state index contributed by atoms with van der Waals surface area (Å²) in [7, 11) is 1.75. The minimum absolute atomic E-state index is 0.0538. The van der Waals surface area contributed by atoms with Crippen LogP contribution in [0.5, 0.6) is 0 Å². The maximum atomic E-state index is 11.8. The molecule has 6 nitrogen and oxygen atoms in total. The van der Waals surface area contributed by atoms with Gasteiger partial charge in [-0.05, 0) is 18.6 Å². The van der Waals surface area contributed by atoms with E-state index >= 15 is 0 Å². The highest BCUT2D eigenvalue weighted by molar-refractivity contribution is 5.78. The largest absolute Gasteiger partial charge is 0.481 e. The Kier molecular flexibility index (Phi) is 4.21. The van der Waals surface area contributed by atoms with Gasteiger partial charge in [0.15, 0.2) is 0 Å². The predicted octanol–water partition coefficient (Wildman–Crippen LogP) is 0.787. The highest BCUT2D eigenvalue weighted by Gasteiger charge is 2.30. The number of hydrogen-bond donors (Lipinski definition) is 1. The molecule has 1 aliphatic heterocycles. The first-order valence-electron chi connectivity index (χ1n) is 6.28. The topological polar surface area (TPSA) is 74.0 Å². The monoisotopic (exact) mass is 266 g/mol. The van der Waals surface area contributed by atoms with Gasteiger partial charge in [-0.1, -0.05) is 0 Å². The Hall–Kier alpha value is -1.82. The number of carbonyl (C=O) groups is 2. The van der Waals surface area contributed by atoms with Gasteiger partial charge in [-0.2, -0.15) is 0 Å². The zero-order valence-electron chi connectivity index (χ0n) is 10.9. The molecule has 1 unspecified atom stereocenters. The van der Waals surface area contributed by atoms with Crippen LogP contribution in [-0.2, 0) is 16.1 Å². The van der Waals surface area contributed by atoms with E-state index in [1.54, 1.807) is 24.3 Å². The van der Waals surface area contributed by atoms with E-state index in [0.717, 1.165) is 5.76 Å². The van der Waals surface area contributed by atoms with Crippen molar-refractivity contribution in [3.8, 4) is 0 Å². The molecular formula is C13H18N2O4. The van der Waals surface area contributed by atoms with Gasteiger partial charge in [-0.3, -0.25) is 14.5 Å². The number of carboxylic acid groups (broad SMARTS) is 1. The van der Waals surface area contributed by atoms with E-state index in [1.165, 1.54) is 0 Å². The van der Waals surface area contributed by atoms with Gasteiger partial charge in [-0.25, -0.2) is 0 Å². The fourth-order valence-corrected chi connectivity index (χ4v) is 2.31. The Morgan fingerprint density at radius 2 is 2.37 bits per heavy atom. The van der Waals surface area contributed by atoms with Gasteiger partial charge in [0.05, 0.1) is 19.4 Å². The average molecular weight is 266 g/mol. The third kappa shape index (κ3) is 3.57. The van der Waals surface area contributed by atoms with E-state index in [0.29, 0.717) is 26.1 Å². The summed E-state index contributed by atoms with van der Waals surface area (Å²) in [5, 5.41) is 8.79. The van der Waals surface area contributed by atoms with E-state index < -0.39 is 5.97 Å². The van der Waals surface area contributed by atoms with Gasteiger partial charge in [0.1, 0.15) is 5.76 Å². The van der Waals surface area contributed by atoms with Gasteiger partial charge in [0.2, 0.25) is 5.91 Å². The number of rotatable bonds is 5. The number of amides is 1. The lowest BCUT2D eigenvalue weighted by Gasteiger charge is -2.39. The molecule has 6 heteroatoms. The van der Waals surface area contributed by atoms with Crippen LogP contribution < -0.4 is 0 Å². The molecular weight excluding hydrogens is 248 g/mol. The van der Waals surface area contributed by atoms with Gasteiger partial charge in [-0.15, -0.1) is 0 Å². The standard InChI is InChI=1S/C13H18N2O4/c1-14-7-10(4-5-13(17)18)15(9-12(14)16)8-11-3-2-6-19-11/h2-3,6,10H,4-5,7-9H2,1H3,(H,17,18). The molecule has 0 radical (unpaired) electrons. The third-order valence-corrected chi connectivity index (χ3v) is 3.40. The summed E-state index contributed by atoms with van der Waals surface area (Å²) < 4.78 is 5.29. The second-order valence-corrected chi connectivity index (χ2v) is 4.84. The smallest absolute Gasteiger partial charge is 0.303 e. The highest BCUT2D eigenvalue weighted by atomic mass is 16.4. The van der Waals surface area contributed by atoms with Crippen LogP contribution in [0, 0.1) is 0 Å². The summed E-state index contributed by atoms with van der Waals surface area (Å²) in [5.41, 5.74) is 0. The summed E-state index contributed by atoms with van der Waals surface area (Å²) in [5.74, 6) is 0.0355. The first-order valence-corrected chi connectivity index (χ1v) is 6.28. The van der Waals surface area contributed by atoms with Crippen LogP contribution in [0.2, 0.25) is 0 Å². The van der Waals surface area contributed by atoms with E-state index in [2.05, 4.69) is 0 Å². The maximum absolute atomic E-state index is 11.8. The molecule has 0 spiro atoms. The number of nitrogens with zero attached hydrogens (tertiary/aromatic N) is 2. The molecule has 1 fully saturated rings. The van der Waals surface area contributed by atoms with Crippen LogP contribution in [0.1, 0.15) is 18.6 Å². The summed E-state index contributed by atoms with van der Waals surface area (Å²) in [6.07, 6.45) is 2.24. The van der Waals surface area contributed by atoms with Crippen molar-refractivity contribution in [3.63, 3.8) is 0 Å². The molecule has 1 aromatic heterocycles. The van der Waals surface area contributed by atoms with Crippen LogP contribution in [0.4, 0.5) is 0 Å². The Morgan fingerprint density at radius 1 is 1.58 bits per heavy atom. The average Bonchev–Trinajstić information content (AvgIpc) is 2.84. The minimum atomic E-state index is -0.808. The normalized spacial score (nSPS) is 20.8. The van der Waals surface area contributed by atoms with E-state index in [1.807, 2.05) is 11.0 Å². The Balaban J connectivity index is 2.02. The number of hydrogen-bond acceptors (Lipinski definition) is 4. The van der Waals surface area contributed by atoms with E-state index in [4.69, 9.17) is 9.52 Å². The van der Waals surface area contributed by atoms with Crippen LogP contribution in [0.25, 0.3) is 0 Å². The summed E-state index contributed by atoms with van der Waals surface area (Å²) in [6.45, 7) is 1.41. The summed E-state index contributed by atoms with van der Waals surface area (Å²) >= 11 is 0. The number of carboxylic acids is 1. The quantitative estimate of drug-likeness (QED) is 0.852. The minimum Gasteiger partial charge on any atom is -0.481 e. The van der Waals surface area contributed by atoms with Crippen LogP contribution >= 0.6 is 0 Å². The molecule has 0 saturated carbocycles. The predicted molar refractivity (Wildman–Crippen MR) is 67.4 cm³/mol. The number of aliphatic carboxylic acids is 1. The molecule has 0 aromatic carbocycles. The zero-order chi connectivity index (χ0) is 13.8. The molecule has 2 rings (SSSR count). The van der Waals surface area contributed by atoms with Crippen LogP contribution in [0.15, 0.2) is 22.8 Å². The van der Waals surface area contributed by atoms with Crippen molar-refractivity contribution >= 4 is 11.9 Å². The van der Waals surface area contributed by atoms with Crippen molar-refractivity contribution in [1.29, 1.82) is 0 Å². The molecule has 104 valence electrons. The fraction of sp³-hybridized carbons (Fsp3) is 0.538. The van der Waals surface area contributed by atoms with E-state index in [-0.39, 0.29) is 18.4 Å². The van der Waals surface area contributed by atoms with Crippen molar-refractivity contribution in [2.75, 3.05) is 20.1 Å². The van der Waals surface area contributed by atoms with Gasteiger partial charge in [0, 0.05) is 26.1 Å². The van der Waals surface area contributed by atoms with Crippen molar-refractivity contribution in [3.05, 3.63) is 24.2 Å². The van der Waals surface area contributed by atoms with Crippen molar-refractivity contribution in [2.24, 2.45) is 0 Å². The number of carbonyl (C=O) groups excluding carboxylic acids is 1. The van der Waals surface area contributed by atoms with Crippen LogP contribution in [0.3, 0.4) is 0 Å². The number of likely N-dealkylation sites (N-methyl/N-ethyl adjacent to an activating group) is 1. The van der Waals surface area contributed by atoms with E-state index in [9.17, 15) is 9.59 Å². The molecule has 2 heterocycles. The fourth-order valence-electron chi connectivity index (χ4n) is 2.31. The van der Waals surface area contributed by atoms with Gasteiger partial charge >= 0.3 is 5.97 Å². The molecule has 0 bridgehead atoms. The lowest BCUT2D eigenvalue weighted by molar-refractivity contribution is -0.139. The van der Waals surface area contributed by atoms with Crippen LogP contribution in [-0.4, -0.2) is 53.0 Å². The first kappa shape index (κ1) is 13.6.